The fourth-order valence-electron chi connectivity index (χ4n) is 3.31. The number of aryl methyl sites for hydroxylation is 3. The fraction of sp³-hybridized carbons (Fsp3) is 0.350. The van der Waals surface area contributed by atoms with E-state index in [1.54, 1.807) is 23.6 Å². The van der Waals surface area contributed by atoms with Crippen molar-refractivity contribution in [3.63, 3.8) is 0 Å². The van der Waals surface area contributed by atoms with Gasteiger partial charge in [-0.05, 0) is 67.5 Å². The van der Waals surface area contributed by atoms with Gasteiger partial charge in [-0.15, -0.1) is 11.3 Å². The fourth-order valence-corrected chi connectivity index (χ4v) is 4.37. The number of nitrogens with two attached hydrogens (primary N) is 2. The van der Waals surface area contributed by atoms with Gasteiger partial charge in [-0.2, -0.15) is 0 Å². The molecule has 0 spiro atoms. The van der Waals surface area contributed by atoms with E-state index in [1.165, 1.54) is 0 Å². The second-order valence-electron chi connectivity index (χ2n) is 7.09. The molecule has 5 N–H and O–H groups in total. The van der Waals surface area contributed by atoms with Gasteiger partial charge in [0, 0.05) is 29.0 Å². The van der Waals surface area contributed by atoms with Crippen molar-refractivity contribution >= 4 is 32.9 Å². The van der Waals surface area contributed by atoms with Crippen molar-refractivity contribution in [3.8, 4) is 0 Å². The molecular weight excluding hydrogens is 347 g/mol. The highest BCUT2D eigenvalue weighted by molar-refractivity contribution is 7.19. The van der Waals surface area contributed by atoms with E-state index in [4.69, 9.17) is 11.5 Å². The number of halogens is 1. The van der Waals surface area contributed by atoms with Gasteiger partial charge in [0.15, 0.2) is 0 Å². The predicted molar refractivity (Wildman–Crippen MR) is 107 cm³/mol. The summed E-state index contributed by atoms with van der Waals surface area (Å²) in [6, 6.07) is 7.71. The number of aromatic nitrogens is 1. The minimum atomic E-state index is -0.203. The molecule has 2 aromatic heterocycles. The molecular formula is C20H23FN4S. The highest BCUT2D eigenvalue weighted by Gasteiger charge is 2.32. The number of fused-ring (bicyclic) bond motifs is 1. The number of thiophene rings is 1. The Morgan fingerprint density at radius 3 is 2.88 bits per heavy atom. The van der Waals surface area contributed by atoms with Crippen LogP contribution in [0.3, 0.4) is 0 Å². The number of nitrogens with zero attached hydrogens (tertiary/aromatic N) is 1. The van der Waals surface area contributed by atoms with Gasteiger partial charge in [-0.3, -0.25) is 0 Å². The first-order valence-corrected chi connectivity index (χ1v) is 9.75. The first kappa shape index (κ1) is 17.2. The zero-order valence-corrected chi connectivity index (χ0v) is 15.6. The number of pyridine rings is 1. The number of benzene rings is 1. The summed E-state index contributed by atoms with van der Waals surface area (Å²) in [5.74, 6) is 0.268. The van der Waals surface area contributed by atoms with Gasteiger partial charge in [-0.25, -0.2) is 9.37 Å². The summed E-state index contributed by atoms with van der Waals surface area (Å²) in [5.41, 5.74) is 15.5. The molecule has 1 aromatic carbocycles. The van der Waals surface area contributed by atoms with Crippen molar-refractivity contribution in [1.29, 1.82) is 0 Å². The second-order valence-corrected chi connectivity index (χ2v) is 8.18. The maximum absolute atomic E-state index is 14.4. The Balaban J connectivity index is 1.47. The number of nitrogens with one attached hydrogen (secondary N) is 1. The van der Waals surface area contributed by atoms with Crippen LogP contribution in [0.25, 0.3) is 10.2 Å². The Morgan fingerprint density at radius 1 is 1.35 bits per heavy atom. The Kier molecular flexibility index (Phi) is 4.54. The van der Waals surface area contributed by atoms with Gasteiger partial charge in [0.1, 0.15) is 10.6 Å². The summed E-state index contributed by atoms with van der Waals surface area (Å²) in [6.45, 7) is 2.76. The molecule has 1 aliphatic carbocycles. The van der Waals surface area contributed by atoms with E-state index >= 15 is 0 Å². The molecule has 6 heteroatoms. The van der Waals surface area contributed by atoms with Crippen molar-refractivity contribution in [2.24, 2.45) is 11.7 Å². The molecule has 0 bridgehead atoms. The Hall–Kier alpha value is -2.18. The quantitative estimate of drug-likeness (QED) is 0.616. The van der Waals surface area contributed by atoms with Crippen molar-refractivity contribution in [2.45, 2.75) is 32.2 Å². The molecule has 2 unspecified atom stereocenters. The average Bonchev–Trinajstić information content (AvgIpc) is 3.24. The van der Waals surface area contributed by atoms with E-state index in [0.717, 1.165) is 57.7 Å². The molecule has 4 nitrogen and oxygen atoms in total. The van der Waals surface area contributed by atoms with Crippen molar-refractivity contribution in [1.82, 2.24) is 4.98 Å². The minimum absolute atomic E-state index is 0.203. The number of hydrogen-bond acceptors (Lipinski definition) is 5. The smallest absolute Gasteiger partial charge is 0.146 e. The van der Waals surface area contributed by atoms with Gasteiger partial charge in [-0.1, -0.05) is 0 Å². The first-order chi connectivity index (χ1) is 12.5. The molecule has 0 amide bonds. The van der Waals surface area contributed by atoms with Gasteiger partial charge >= 0.3 is 0 Å². The van der Waals surface area contributed by atoms with E-state index in [1.807, 2.05) is 25.1 Å². The van der Waals surface area contributed by atoms with Gasteiger partial charge < -0.3 is 16.8 Å². The lowest BCUT2D eigenvalue weighted by atomic mass is 10.0. The van der Waals surface area contributed by atoms with Crippen LogP contribution in [0.1, 0.15) is 22.4 Å². The maximum atomic E-state index is 14.4. The molecule has 2 heterocycles. The molecule has 136 valence electrons. The minimum Gasteiger partial charge on any atom is -0.397 e. The maximum Gasteiger partial charge on any atom is 0.146 e. The standard InChI is InChI=1S/C20H23FN4S/c1-11-7-17(25-10-13-9-16(13)22)15(21)8-12(11)4-5-18-19(23)14-3-2-6-24-20(14)26-18/h2-3,6-8,13,16,25H,4-5,9-10,22-23H2,1H3. The molecule has 1 aliphatic rings. The van der Waals surface area contributed by atoms with Crippen LogP contribution in [0.5, 0.6) is 0 Å². The van der Waals surface area contributed by atoms with Gasteiger partial charge in [0.05, 0.1) is 11.4 Å². The lowest BCUT2D eigenvalue weighted by Crippen LogP contribution is -2.12. The van der Waals surface area contributed by atoms with Crippen LogP contribution in [0.15, 0.2) is 30.5 Å². The van der Waals surface area contributed by atoms with E-state index in [2.05, 4.69) is 10.3 Å². The summed E-state index contributed by atoms with van der Waals surface area (Å²) in [7, 11) is 0. The highest BCUT2D eigenvalue weighted by Crippen LogP contribution is 2.33. The van der Waals surface area contributed by atoms with E-state index < -0.39 is 0 Å². The largest absolute Gasteiger partial charge is 0.397 e. The third-order valence-corrected chi connectivity index (χ3v) is 6.35. The summed E-state index contributed by atoms with van der Waals surface area (Å²) in [4.78, 5) is 6.44. The molecule has 1 saturated carbocycles. The first-order valence-electron chi connectivity index (χ1n) is 8.93. The number of hydrogen-bond donors (Lipinski definition) is 3. The van der Waals surface area contributed by atoms with Crippen LogP contribution in [0.2, 0.25) is 0 Å². The van der Waals surface area contributed by atoms with Crippen molar-refractivity contribution in [2.75, 3.05) is 17.6 Å². The SMILES string of the molecule is Cc1cc(NCC2CC2N)c(F)cc1CCc1sc2ncccc2c1N. The lowest BCUT2D eigenvalue weighted by Gasteiger charge is -2.12. The van der Waals surface area contributed by atoms with Crippen molar-refractivity contribution < 1.29 is 4.39 Å². The van der Waals surface area contributed by atoms with Crippen LogP contribution < -0.4 is 16.8 Å². The lowest BCUT2D eigenvalue weighted by molar-refractivity contribution is 0.625. The van der Waals surface area contributed by atoms with E-state index in [-0.39, 0.29) is 11.9 Å². The zero-order valence-electron chi connectivity index (χ0n) is 14.8. The van der Waals surface area contributed by atoms with Gasteiger partial charge in [0.2, 0.25) is 0 Å². The molecule has 1 fully saturated rings. The summed E-state index contributed by atoms with van der Waals surface area (Å²) >= 11 is 1.62. The number of nitrogen functional groups attached to an aromatic ring is 1. The molecule has 3 aromatic rings. The van der Waals surface area contributed by atoms with E-state index in [0.29, 0.717) is 11.6 Å². The molecule has 26 heavy (non-hydrogen) atoms. The monoisotopic (exact) mass is 370 g/mol. The van der Waals surface area contributed by atoms with Crippen LogP contribution in [-0.4, -0.2) is 17.6 Å². The topological polar surface area (TPSA) is 77.0 Å². The molecule has 0 radical (unpaired) electrons. The second kappa shape index (κ2) is 6.85. The Bertz CT molecular complexity index is 952. The number of anilines is 2. The van der Waals surface area contributed by atoms with Crippen molar-refractivity contribution in [3.05, 3.63) is 52.3 Å². The number of rotatable bonds is 6. The van der Waals surface area contributed by atoms with Crippen LogP contribution >= 0.6 is 11.3 Å². The Labute approximate surface area is 156 Å². The molecule has 4 rings (SSSR count). The zero-order chi connectivity index (χ0) is 18.3. The third-order valence-electron chi connectivity index (χ3n) is 5.16. The van der Waals surface area contributed by atoms with E-state index in [9.17, 15) is 4.39 Å². The van der Waals surface area contributed by atoms with Crippen LogP contribution in [-0.2, 0) is 12.8 Å². The summed E-state index contributed by atoms with van der Waals surface area (Å²) in [5, 5.41) is 4.20. The molecule has 0 aliphatic heterocycles. The summed E-state index contributed by atoms with van der Waals surface area (Å²) in [6.07, 6.45) is 4.35. The predicted octanol–water partition coefficient (Wildman–Crippen LogP) is 3.87. The normalized spacial score (nSPS) is 19.0. The summed E-state index contributed by atoms with van der Waals surface area (Å²) < 4.78 is 14.4. The third kappa shape index (κ3) is 3.39. The van der Waals surface area contributed by atoms with Crippen LogP contribution in [0.4, 0.5) is 15.8 Å². The van der Waals surface area contributed by atoms with Gasteiger partial charge in [0.25, 0.3) is 0 Å². The molecule has 0 saturated heterocycles. The van der Waals surface area contributed by atoms with Crippen LogP contribution in [0, 0.1) is 18.7 Å². The highest BCUT2D eigenvalue weighted by atomic mass is 32.1. The molecule has 2 atom stereocenters. The average molecular weight is 370 g/mol. The Morgan fingerprint density at radius 2 is 2.15 bits per heavy atom.